The number of nitrogens with zero attached hydrogens (tertiary/aromatic N) is 2. The summed E-state index contributed by atoms with van der Waals surface area (Å²) in [6.45, 7) is 4.02. The zero-order valence-corrected chi connectivity index (χ0v) is 17.4. The Labute approximate surface area is 174 Å². The molecule has 2 atom stereocenters. The zero-order valence-electron chi connectivity index (χ0n) is 16.5. The van der Waals surface area contributed by atoms with Gasteiger partial charge in [-0.3, -0.25) is 4.79 Å². The van der Waals surface area contributed by atoms with E-state index in [-0.39, 0.29) is 40.2 Å². The highest BCUT2D eigenvalue weighted by Crippen LogP contribution is 2.37. The van der Waals surface area contributed by atoms with Crippen LogP contribution in [0.2, 0.25) is 0 Å². The summed E-state index contributed by atoms with van der Waals surface area (Å²) in [5.41, 5.74) is 0.895. The van der Waals surface area contributed by atoms with Crippen molar-refractivity contribution in [2.24, 2.45) is 10.3 Å². The molecule has 0 aliphatic carbocycles. The van der Waals surface area contributed by atoms with E-state index in [1.54, 1.807) is 30.3 Å². The largest absolute Gasteiger partial charge is 0.509 e. The van der Waals surface area contributed by atoms with Gasteiger partial charge in [-0.2, -0.15) is 12.8 Å². The summed E-state index contributed by atoms with van der Waals surface area (Å²) in [5, 5.41) is 11.1. The van der Waals surface area contributed by atoms with Crippen LogP contribution in [0, 0.1) is 11.7 Å². The summed E-state index contributed by atoms with van der Waals surface area (Å²) in [6, 6.07) is 11.4. The fraction of sp³-hybridized carbons (Fsp3) is 0.273. The fourth-order valence-corrected chi connectivity index (χ4v) is 5.16. The van der Waals surface area contributed by atoms with Gasteiger partial charge in [0.1, 0.15) is 22.9 Å². The molecule has 2 aliphatic rings. The number of aliphatic hydroxyl groups is 1. The molecule has 30 heavy (non-hydrogen) atoms. The highest BCUT2D eigenvalue weighted by molar-refractivity contribution is 7.90. The number of carbonyl (C=O) groups is 1. The van der Waals surface area contributed by atoms with Crippen LogP contribution in [0.25, 0.3) is 0 Å². The van der Waals surface area contributed by atoms with E-state index in [2.05, 4.69) is 4.40 Å². The summed E-state index contributed by atoms with van der Waals surface area (Å²) in [4.78, 5) is 14.9. The Balaban J connectivity index is 1.80. The van der Waals surface area contributed by atoms with Crippen molar-refractivity contribution in [3.05, 3.63) is 76.8 Å². The van der Waals surface area contributed by atoms with E-state index in [0.717, 1.165) is 0 Å². The van der Waals surface area contributed by atoms with Gasteiger partial charge in [-0.05, 0) is 29.7 Å². The van der Waals surface area contributed by atoms with Crippen LogP contribution in [-0.2, 0) is 21.4 Å². The standard InChI is InChI=1S/C22H21FN2O4S/c1-3-13(2)20-21(26)18(19-16-6-4-5-7-17(16)30(28,29)24-19)22(27)25(20)12-14-8-10-15(23)11-9-14/h4-11,13,20,26H,3,12H2,1-2H3/t13-,20-/m0/s1. The maximum Gasteiger partial charge on any atom is 0.283 e. The predicted octanol–water partition coefficient (Wildman–Crippen LogP) is 3.59. The summed E-state index contributed by atoms with van der Waals surface area (Å²) < 4.78 is 42.0. The van der Waals surface area contributed by atoms with E-state index in [9.17, 15) is 22.7 Å². The van der Waals surface area contributed by atoms with Gasteiger partial charge >= 0.3 is 0 Å². The Morgan fingerprint density at radius 2 is 1.83 bits per heavy atom. The van der Waals surface area contributed by atoms with Crippen LogP contribution < -0.4 is 0 Å². The minimum Gasteiger partial charge on any atom is -0.509 e. The van der Waals surface area contributed by atoms with Crippen LogP contribution in [0.15, 0.2) is 69.2 Å². The van der Waals surface area contributed by atoms with E-state index in [1.165, 1.54) is 23.1 Å². The molecule has 1 amide bonds. The van der Waals surface area contributed by atoms with Gasteiger partial charge in [-0.1, -0.05) is 50.6 Å². The number of carbonyl (C=O) groups excluding carboxylic acids is 1. The highest BCUT2D eigenvalue weighted by Gasteiger charge is 2.46. The van der Waals surface area contributed by atoms with Gasteiger partial charge in [0, 0.05) is 12.1 Å². The minimum atomic E-state index is -3.93. The molecule has 0 bridgehead atoms. The maximum atomic E-state index is 13.4. The molecule has 1 N–H and O–H groups in total. The molecule has 2 aromatic carbocycles. The molecule has 0 radical (unpaired) electrons. The Morgan fingerprint density at radius 3 is 2.50 bits per heavy atom. The van der Waals surface area contributed by atoms with E-state index >= 15 is 0 Å². The van der Waals surface area contributed by atoms with Gasteiger partial charge in [-0.25, -0.2) is 4.39 Å². The zero-order chi connectivity index (χ0) is 21.6. The van der Waals surface area contributed by atoms with Crippen molar-refractivity contribution in [3.8, 4) is 0 Å². The van der Waals surface area contributed by atoms with Crippen molar-refractivity contribution in [1.29, 1.82) is 0 Å². The molecule has 156 valence electrons. The van der Waals surface area contributed by atoms with Crippen LogP contribution in [-0.4, -0.2) is 36.1 Å². The Kier molecular flexibility index (Phi) is 4.97. The molecule has 0 aromatic heterocycles. The Bertz CT molecular complexity index is 1190. The third-order valence-electron chi connectivity index (χ3n) is 5.66. The molecular weight excluding hydrogens is 407 g/mol. The normalized spacial score (nSPS) is 21.0. The highest BCUT2D eigenvalue weighted by atomic mass is 32.2. The first-order valence-electron chi connectivity index (χ1n) is 9.68. The number of amides is 1. The van der Waals surface area contributed by atoms with Crippen molar-refractivity contribution in [2.75, 3.05) is 0 Å². The van der Waals surface area contributed by atoms with Crippen LogP contribution in [0.4, 0.5) is 4.39 Å². The monoisotopic (exact) mass is 428 g/mol. The van der Waals surface area contributed by atoms with Crippen molar-refractivity contribution in [2.45, 2.75) is 37.8 Å². The second kappa shape index (κ2) is 7.36. The number of benzene rings is 2. The lowest BCUT2D eigenvalue weighted by atomic mass is 9.95. The fourth-order valence-electron chi connectivity index (χ4n) is 3.94. The average Bonchev–Trinajstić information content (AvgIpc) is 3.13. The first-order chi connectivity index (χ1) is 14.2. The van der Waals surface area contributed by atoms with Crippen LogP contribution in [0.1, 0.15) is 31.4 Å². The van der Waals surface area contributed by atoms with E-state index in [4.69, 9.17) is 0 Å². The SMILES string of the molecule is CC[C@H](C)[C@H]1C(O)=C(C2=NS(=O)(=O)c3ccccc32)C(=O)N1Cc1ccc(F)cc1. The molecule has 2 aromatic rings. The van der Waals surface area contributed by atoms with Gasteiger partial charge in [0.05, 0.1) is 10.9 Å². The van der Waals surface area contributed by atoms with Gasteiger partial charge in [0.25, 0.3) is 15.9 Å². The summed E-state index contributed by atoms with van der Waals surface area (Å²) in [5.74, 6) is -1.13. The topological polar surface area (TPSA) is 87.0 Å². The van der Waals surface area contributed by atoms with Crippen LogP contribution in [0.5, 0.6) is 0 Å². The lowest BCUT2D eigenvalue weighted by molar-refractivity contribution is -0.128. The third-order valence-corrected chi connectivity index (χ3v) is 7.00. The van der Waals surface area contributed by atoms with E-state index < -0.39 is 22.0 Å². The average molecular weight is 428 g/mol. The number of halogens is 1. The molecular formula is C22H21FN2O4S. The van der Waals surface area contributed by atoms with Crippen LogP contribution >= 0.6 is 0 Å². The van der Waals surface area contributed by atoms with Crippen molar-refractivity contribution < 1.29 is 22.7 Å². The molecule has 2 aliphatic heterocycles. The quantitative estimate of drug-likeness (QED) is 0.789. The van der Waals surface area contributed by atoms with Crippen molar-refractivity contribution in [1.82, 2.24) is 4.90 Å². The second-order valence-electron chi connectivity index (χ2n) is 7.56. The number of hydrogen-bond acceptors (Lipinski definition) is 4. The first kappa shape index (κ1) is 20.3. The maximum absolute atomic E-state index is 13.4. The van der Waals surface area contributed by atoms with E-state index in [0.29, 0.717) is 17.5 Å². The Morgan fingerprint density at radius 1 is 1.17 bits per heavy atom. The smallest absolute Gasteiger partial charge is 0.283 e. The number of fused-ring (bicyclic) bond motifs is 1. The molecule has 0 saturated carbocycles. The van der Waals surface area contributed by atoms with Gasteiger partial charge in [0.2, 0.25) is 0 Å². The van der Waals surface area contributed by atoms with Gasteiger partial charge < -0.3 is 10.0 Å². The molecule has 0 unspecified atom stereocenters. The van der Waals surface area contributed by atoms with Crippen LogP contribution in [0.3, 0.4) is 0 Å². The number of sulfonamides is 1. The molecule has 0 fully saturated rings. The molecule has 0 spiro atoms. The molecule has 8 heteroatoms. The lowest BCUT2D eigenvalue weighted by Crippen LogP contribution is -2.39. The molecule has 6 nitrogen and oxygen atoms in total. The third kappa shape index (κ3) is 3.21. The second-order valence-corrected chi connectivity index (χ2v) is 9.13. The number of hydrogen-bond donors (Lipinski definition) is 1. The molecule has 4 rings (SSSR count). The molecule has 0 saturated heterocycles. The minimum absolute atomic E-state index is 0.0187. The summed E-state index contributed by atoms with van der Waals surface area (Å²) in [7, 11) is -3.93. The van der Waals surface area contributed by atoms with Gasteiger partial charge in [0.15, 0.2) is 0 Å². The van der Waals surface area contributed by atoms with Crippen molar-refractivity contribution in [3.63, 3.8) is 0 Å². The summed E-state index contributed by atoms with van der Waals surface area (Å²) in [6.07, 6.45) is 0.691. The van der Waals surface area contributed by atoms with Gasteiger partial charge in [-0.15, -0.1) is 0 Å². The lowest BCUT2D eigenvalue weighted by Gasteiger charge is -2.29. The predicted molar refractivity (Wildman–Crippen MR) is 110 cm³/mol. The molecule has 2 heterocycles. The number of aliphatic hydroxyl groups excluding tert-OH is 1. The Hall–Kier alpha value is -3.00. The summed E-state index contributed by atoms with van der Waals surface area (Å²) >= 11 is 0. The number of rotatable bonds is 5. The first-order valence-corrected chi connectivity index (χ1v) is 11.1. The van der Waals surface area contributed by atoms with Crippen molar-refractivity contribution >= 4 is 21.6 Å². The van der Waals surface area contributed by atoms with E-state index in [1.807, 2.05) is 13.8 Å².